The predicted octanol–water partition coefficient (Wildman–Crippen LogP) is 3.12. The van der Waals surface area contributed by atoms with Crippen LogP contribution in [0.25, 0.3) is 0 Å². The number of alkyl halides is 3. The van der Waals surface area contributed by atoms with Gasteiger partial charge in [0.15, 0.2) is 5.41 Å². The molecule has 6 heteroatoms. The number of carbonyl (C=O) groups excluding carboxylic acids is 1. The van der Waals surface area contributed by atoms with Crippen molar-refractivity contribution in [2.45, 2.75) is 60.7 Å². The molecule has 2 N–H and O–H groups in total. The van der Waals surface area contributed by atoms with Crippen LogP contribution in [-0.4, -0.2) is 29.8 Å². The number of carbonyl (C=O) groups is 1. The fraction of sp³-hybridized carbons (Fsp3) is 0.929. The predicted molar refractivity (Wildman–Crippen MR) is 72.1 cm³/mol. The summed E-state index contributed by atoms with van der Waals surface area (Å²) in [6.45, 7) is 10.6. The van der Waals surface area contributed by atoms with Crippen molar-refractivity contribution in [1.82, 2.24) is 5.32 Å². The third-order valence-corrected chi connectivity index (χ3v) is 3.45. The smallest absolute Gasteiger partial charge is 0.395 e. The highest BCUT2D eigenvalue weighted by Crippen LogP contribution is 2.40. The van der Waals surface area contributed by atoms with E-state index in [0.717, 1.165) is 0 Å². The van der Waals surface area contributed by atoms with Crippen molar-refractivity contribution < 1.29 is 23.1 Å². The summed E-state index contributed by atoms with van der Waals surface area (Å²) < 4.78 is 38.9. The SMILES string of the molecule is CC(C)(C)C(NC(=O)C(C)(CO)C(F)(F)F)C(C)(C)C. The molecule has 0 aliphatic heterocycles. The standard InChI is InChI=1S/C14H26F3NO2/c1-11(2,3)9(12(4,5)6)18-10(20)13(7,8-19)14(15,16)17/h9,19H,8H2,1-7H3,(H,18,20). The maximum Gasteiger partial charge on any atom is 0.405 e. The van der Waals surface area contributed by atoms with Gasteiger partial charge in [-0.1, -0.05) is 41.5 Å². The van der Waals surface area contributed by atoms with Gasteiger partial charge < -0.3 is 10.4 Å². The second kappa shape index (κ2) is 5.54. The van der Waals surface area contributed by atoms with Gasteiger partial charge in [-0.2, -0.15) is 13.2 Å². The number of aliphatic hydroxyl groups excluding tert-OH is 1. The van der Waals surface area contributed by atoms with Crippen LogP contribution in [0, 0.1) is 16.2 Å². The number of halogens is 3. The largest absolute Gasteiger partial charge is 0.405 e. The molecule has 0 aliphatic rings. The van der Waals surface area contributed by atoms with Crippen LogP contribution >= 0.6 is 0 Å². The Morgan fingerprint density at radius 2 is 1.35 bits per heavy atom. The Bertz CT molecular complexity index is 339. The molecule has 3 nitrogen and oxygen atoms in total. The zero-order valence-corrected chi connectivity index (χ0v) is 13.3. The Morgan fingerprint density at radius 1 is 1.00 bits per heavy atom. The third-order valence-electron chi connectivity index (χ3n) is 3.45. The van der Waals surface area contributed by atoms with Crippen molar-refractivity contribution in [3.05, 3.63) is 0 Å². The highest BCUT2D eigenvalue weighted by Gasteiger charge is 2.57. The lowest BCUT2D eigenvalue weighted by molar-refractivity contribution is -0.226. The van der Waals surface area contributed by atoms with E-state index in [2.05, 4.69) is 5.32 Å². The molecule has 0 heterocycles. The number of rotatable bonds is 3. The van der Waals surface area contributed by atoms with Crippen LogP contribution in [-0.2, 0) is 4.79 Å². The molecule has 120 valence electrons. The van der Waals surface area contributed by atoms with Crippen LogP contribution in [0.5, 0.6) is 0 Å². The molecule has 0 spiro atoms. The first kappa shape index (κ1) is 19.2. The molecule has 0 rings (SSSR count). The van der Waals surface area contributed by atoms with E-state index >= 15 is 0 Å². The van der Waals surface area contributed by atoms with Gasteiger partial charge in [0, 0.05) is 6.04 Å². The number of hydrogen-bond donors (Lipinski definition) is 2. The van der Waals surface area contributed by atoms with Gasteiger partial charge in [0.1, 0.15) is 0 Å². The van der Waals surface area contributed by atoms with Gasteiger partial charge in [-0.25, -0.2) is 0 Å². The number of hydrogen-bond acceptors (Lipinski definition) is 2. The Hall–Kier alpha value is -0.780. The van der Waals surface area contributed by atoms with Gasteiger partial charge in [-0.3, -0.25) is 4.79 Å². The van der Waals surface area contributed by atoms with Crippen molar-refractivity contribution in [2.75, 3.05) is 6.61 Å². The number of amides is 1. The van der Waals surface area contributed by atoms with E-state index < -0.39 is 41.0 Å². The van der Waals surface area contributed by atoms with Gasteiger partial charge in [-0.15, -0.1) is 0 Å². The first-order valence-corrected chi connectivity index (χ1v) is 6.56. The quantitative estimate of drug-likeness (QED) is 0.841. The fourth-order valence-electron chi connectivity index (χ4n) is 2.31. The van der Waals surface area contributed by atoms with E-state index in [4.69, 9.17) is 5.11 Å². The lowest BCUT2D eigenvalue weighted by Crippen LogP contribution is -2.59. The monoisotopic (exact) mass is 297 g/mol. The van der Waals surface area contributed by atoms with Crippen LogP contribution in [0.15, 0.2) is 0 Å². The summed E-state index contributed by atoms with van der Waals surface area (Å²) in [5.41, 5.74) is -3.60. The van der Waals surface area contributed by atoms with E-state index in [1.54, 1.807) is 0 Å². The zero-order chi connectivity index (χ0) is 16.6. The molecular formula is C14H26F3NO2. The normalized spacial score (nSPS) is 17.0. The van der Waals surface area contributed by atoms with E-state index in [9.17, 15) is 18.0 Å². The van der Waals surface area contributed by atoms with Crippen molar-refractivity contribution >= 4 is 5.91 Å². The van der Waals surface area contributed by atoms with Crippen molar-refractivity contribution in [3.8, 4) is 0 Å². The molecule has 1 unspecified atom stereocenters. The third kappa shape index (κ3) is 4.11. The second-order valence-corrected chi connectivity index (χ2v) is 7.63. The van der Waals surface area contributed by atoms with Gasteiger partial charge in [0.25, 0.3) is 0 Å². The molecular weight excluding hydrogens is 271 g/mol. The zero-order valence-electron chi connectivity index (χ0n) is 13.3. The molecule has 1 atom stereocenters. The Kier molecular flexibility index (Phi) is 5.33. The van der Waals surface area contributed by atoms with Gasteiger partial charge in [0.2, 0.25) is 5.91 Å². The molecule has 0 fully saturated rings. The molecule has 0 bridgehead atoms. The molecule has 0 aliphatic carbocycles. The van der Waals surface area contributed by atoms with Crippen LogP contribution in [0.3, 0.4) is 0 Å². The molecule has 0 radical (unpaired) electrons. The van der Waals surface area contributed by atoms with Crippen molar-refractivity contribution in [1.29, 1.82) is 0 Å². The van der Waals surface area contributed by atoms with Crippen LogP contribution in [0.1, 0.15) is 48.5 Å². The summed E-state index contributed by atoms with van der Waals surface area (Å²) in [4.78, 5) is 12.1. The van der Waals surface area contributed by atoms with Crippen molar-refractivity contribution in [3.63, 3.8) is 0 Å². The highest BCUT2D eigenvalue weighted by atomic mass is 19.4. The minimum atomic E-state index is -4.80. The molecule has 0 saturated heterocycles. The fourth-order valence-corrected chi connectivity index (χ4v) is 2.31. The van der Waals surface area contributed by atoms with E-state index in [-0.39, 0.29) is 0 Å². The summed E-state index contributed by atoms with van der Waals surface area (Å²) in [6, 6.07) is -0.462. The maximum atomic E-state index is 13.0. The van der Waals surface area contributed by atoms with Crippen LogP contribution in [0.2, 0.25) is 0 Å². The van der Waals surface area contributed by atoms with E-state index in [1.807, 2.05) is 41.5 Å². The first-order chi connectivity index (χ1) is 8.57. The Balaban J connectivity index is 5.42. The summed E-state index contributed by atoms with van der Waals surface area (Å²) in [5, 5.41) is 11.5. The Morgan fingerprint density at radius 3 is 1.55 bits per heavy atom. The van der Waals surface area contributed by atoms with E-state index in [0.29, 0.717) is 6.92 Å². The van der Waals surface area contributed by atoms with E-state index in [1.165, 1.54) is 0 Å². The molecule has 0 aromatic rings. The molecule has 0 aromatic heterocycles. The topological polar surface area (TPSA) is 49.3 Å². The van der Waals surface area contributed by atoms with Gasteiger partial charge in [0.05, 0.1) is 6.61 Å². The van der Waals surface area contributed by atoms with Crippen molar-refractivity contribution in [2.24, 2.45) is 16.2 Å². The summed E-state index contributed by atoms with van der Waals surface area (Å²) in [7, 11) is 0. The Labute approximate surface area is 118 Å². The summed E-state index contributed by atoms with van der Waals surface area (Å²) in [5.74, 6) is -1.19. The lowest BCUT2D eigenvalue weighted by atomic mass is 9.71. The maximum absolute atomic E-state index is 13.0. The molecule has 0 saturated carbocycles. The summed E-state index contributed by atoms with van der Waals surface area (Å²) >= 11 is 0. The average molecular weight is 297 g/mol. The van der Waals surface area contributed by atoms with Crippen LogP contribution in [0.4, 0.5) is 13.2 Å². The molecule has 20 heavy (non-hydrogen) atoms. The highest BCUT2D eigenvalue weighted by molar-refractivity contribution is 5.83. The molecule has 0 aromatic carbocycles. The minimum absolute atomic E-state index is 0.407. The minimum Gasteiger partial charge on any atom is -0.395 e. The lowest BCUT2D eigenvalue weighted by Gasteiger charge is -2.43. The van der Waals surface area contributed by atoms with Crippen LogP contribution < -0.4 is 5.32 Å². The molecule has 1 amide bonds. The second-order valence-electron chi connectivity index (χ2n) is 7.63. The van der Waals surface area contributed by atoms with Gasteiger partial charge in [-0.05, 0) is 17.8 Å². The number of nitrogens with one attached hydrogen (secondary N) is 1. The first-order valence-electron chi connectivity index (χ1n) is 6.56. The summed E-state index contributed by atoms with van der Waals surface area (Å²) in [6.07, 6.45) is -4.80. The van der Waals surface area contributed by atoms with Gasteiger partial charge >= 0.3 is 6.18 Å². The number of aliphatic hydroxyl groups is 1. The average Bonchev–Trinajstić information content (AvgIpc) is 2.19.